The van der Waals surface area contributed by atoms with Gasteiger partial charge in [0.15, 0.2) is 0 Å². The molecule has 11 heteroatoms. The van der Waals surface area contributed by atoms with Gasteiger partial charge in [0.25, 0.3) is 0 Å². The van der Waals surface area contributed by atoms with Gasteiger partial charge in [-0.1, -0.05) is 60.7 Å². The molecule has 0 saturated carbocycles. The van der Waals surface area contributed by atoms with Gasteiger partial charge >= 0.3 is 6.03 Å². The molecule has 2 atom stereocenters. The molecule has 11 nitrogen and oxygen atoms in total. The quantitative estimate of drug-likeness (QED) is 0.337. The summed E-state index contributed by atoms with van der Waals surface area (Å²) in [6.45, 7) is 0.713. The van der Waals surface area contributed by atoms with Gasteiger partial charge in [-0.25, -0.2) is 14.8 Å². The van der Waals surface area contributed by atoms with Crippen molar-refractivity contribution in [1.82, 2.24) is 35.3 Å². The lowest BCUT2D eigenvalue weighted by Crippen LogP contribution is -2.76. The molecule has 3 aromatic carbocycles. The Kier molecular flexibility index (Phi) is 7.02. The lowest BCUT2D eigenvalue weighted by molar-refractivity contribution is -0.187. The first-order valence-electron chi connectivity index (χ1n) is 13.5. The Morgan fingerprint density at radius 2 is 1.80 bits per heavy atom. The Morgan fingerprint density at radius 1 is 1.02 bits per heavy atom. The van der Waals surface area contributed by atoms with Crippen molar-refractivity contribution in [3.8, 4) is 5.75 Å². The van der Waals surface area contributed by atoms with Crippen molar-refractivity contribution in [2.45, 2.75) is 31.7 Å². The highest BCUT2D eigenvalue weighted by atomic mass is 16.3. The minimum Gasteiger partial charge on any atom is -0.508 e. The zero-order valence-corrected chi connectivity index (χ0v) is 22.6. The Labute approximate surface area is 236 Å². The fourth-order valence-corrected chi connectivity index (χ4v) is 5.72. The number of benzene rings is 3. The van der Waals surface area contributed by atoms with Crippen molar-refractivity contribution in [1.29, 1.82) is 0 Å². The molecule has 0 bridgehead atoms. The van der Waals surface area contributed by atoms with Crippen LogP contribution in [0.3, 0.4) is 0 Å². The van der Waals surface area contributed by atoms with E-state index in [9.17, 15) is 19.5 Å². The summed E-state index contributed by atoms with van der Waals surface area (Å²) < 4.78 is 0. The Balaban J connectivity index is 1.33. The SMILES string of the molecule is CN1CC(=O)N2[C@@H](CN(Cc3cccc4cn[nH]c34)C(=O)[C@@H]2Cc2ccc(O)cc2)N1C(=O)NCc1ccccc1. The highest BCUT2D eigenvalue weighted by Gasteiger charge is 2.50. The predicted octanol–water partition coefficient (Wildman–Crippen LogP) is 2.45. The van der Waals surface area contributed by atoms with E-state index in [4.69, 9.17) is 0 Å². The number of piperazine rings is 1. The van der Waals surface area contributed by atoms with E-state index in [1.807, 2.05) is 48.5 Å². The molecule has 2 saturated heterocycles. The average Bonchev–Trinajstić information content (AvgIpc) is 3.46. The lowest BCUT2D eigenvalue weighted by Gasteiger charge is -2.54. The van der Waals surface area contributed by atoms with Gasteiger partial charge in [0.2, 0.25) is 11.8 Å². The summed E-state index contributed by atoms with van der Waals surface area (Å²) in [6, 6.07) is 20.8. The highest BCUT2D eigenvalue weighted by Crippen LogP contribution is 2.30. The molecule has 6 rings (SSSR count). The topological polar surface area (TPSA) is 125 Å². The van der Waals surface area contributed by atoms with E-state index >= 15 is 0 Å². The Hall–Kier alpha value is -4.90. The lowest BCUT2D eigenvalue weighted by atomic mass is 9.98. The number of rotatable bonds is 6. The molecule has 3 N–H and O–H groups in total. The molecular formula is C30H31N7O4. The number of aromatic amines is 1. The summed E-state index contributed by atoms with van der Waals surface area (Å²) in [6.07, 6.45) is 1.27. The summed E-state index contributed by atoms with van der Waals surface area (Å²) >= 11 is 0. The summed E-state index contributed by atoms with van der Waals surface area (Å²) in [5, 5.41) is 24.0. The first-order chi connectivity index (χ1) is 19.9. The molecule has 2 fully saturated rings. The van der Waals surface area contributed by atoms with Crippen molar-refractivity contribution >= 4 is 28.7 Å². The average molecular weight is 554 g/mol. The number of hydrazine groups is 1. The van der Waals surface area contributed by atoms with Crippen molar-refractivity contribution in [3.05, 3.63) is 95.7 Å². The summed E-state index contributed by atoms with van der Waals surface area (Å²) in [7, 11) is 1.71. The van der Waals surface area contributed by atoms with Crippen molar-refractivity contribution in [2.75, 3.05) is 20.1 Å². The molecule has 4 aromatic rings. The number of aromatic nitrogens is 2. The van der Waals surface area contributed by atoms with E-state index in [-0.39, 0.29) is 49.7 Å². The van der Waals surface area contributed by atoms with Crippen LogP contribution < -0.4 is 5.32 Å². The van der Waals surface area contributed by atoms with Gasteiger partial charge in [-0.05, 0) is 28.8 Å². The third-order valence-electron chi connectivity index (χ3n) is 7.72. The van der Waals surface area contributed by atoms with Crippen LogP contribution in [0.1, 0.15) is 16.7 Å². The van der Waals surface area contributed by atoms with E-state index in [2.05, 4.69) is 15.5 Å². The van der Waals surface area contributed by atoms with Crippen molar-refractivity contribution in [3.63, 3.8) is 0 Å². The smallest absolute Gasteiger partial charge is 0.334 e. The summed E-state index contributed by atoms with van der Waals surface area (Å²) in [5.74, 6) is -0.307. The van der Waals surface area contributed by atoms with Crippen LogP contribution in [0.25, 0.3) is 10.9 Å². The van der Waals surface area contributed by atoms with Gasteiger partial charge in [-0.3, -0.25) is 14.7 Å². The number of nitrogens with one attached hydrogen (secondary N) is 2. The van der Waals surface area contributed by atoms with E-state index < -0.39 is 12.2 Å². The minimum atomic E-state index is -0.829. The number of hydrogen-bond donors (Lipinski definition) is 3. The molecular weight excluding hydrogens is 522 g/mol. The molecule has 1 aromatic heterocycles. The molecule has 2 aliphatic rings. The number of hydrogen-bond acceptors (Lipinski definition) is 6. The monoisotopic (exact) mass is 553 g/mol. The second-order valence-corrected chi connectivity index (χ2v) is 10.4. The van der Waals surface area contributed by atoms with E-state index in [0.717, 1.165) is 27.6 Å². The van der Waals surface area contributed by atoms with Crippen LogP contribution in [-0.2, 0) is 29.1 Å². The molecule has 0 unspecified atom stereocenters. The molecule has 3 heterocycles. The number of carbonyl (C=O) groups excluding carboxylic acids is 3. The first-order valence-corrected chi connectivity index (χ1v) is 13.5. The number of phenolic OH excluding ortho intramolecular Hbond substituents is 1. The number of fused-ring (bicyclic) bond motifs is 2. The van der Waals surface area contributed by atoms with Gasteiger partial charge < -0.3 is 20.2 Å². The second-order valence-electron chi connectivity index (χ2n) is 10.4. The molecule has 0 aliphatic carbocycles. The highest BCUT2D eigenvalue weighted by molar-refractivity contribution is 5.92. The van der Waals surface area contributed by atoms with Gasteiger partial charge in [0.05, 0.1) is 24.8 Å². The number of H-pyrrole nitrogens is 1. The van der Waals surface area contributed by atoms with Gasteiger partial charge in [0, 0.05) is 31.9 Å². The molecule has 41 heavy (non-hydrogen) atoms. The maximum absolute atomic E-state index is 14.1. The molecule has 2 aliphatic heterocycles. The third kappa shape index (κ3) is 5.19. The van der Waals surface area contributed by atoms with Gasteiger partial charge in [0.1, 0.15) is 18.0 Å². The predicted molar refractivity (Wildman–Crippen MR) is 151 cm³/mol. The largest absolute Gasteiger partial charge is 0.508 e. The van der Waals surface area contributed by atoms with Crippen LogP contribution in [0.2, 0.25) is 0 Å². The first kappa shape index (κ1) is 26.3. The standard InChI is InChI=1S/C30H31N7O4/c1-34-19-27(39)36-25(14-20-10-12-24(38)13-11-20)29(40)35(17-23-9-5-8-22-16-32-33-28(22)23)18-26(36)37(34)30(41)31-15-21-6-3-2-4-7-21/h2-13,16,25-26,38H,14-15,17-19H2,1H3,(H,31,41)(H,32,33)/t25-,26+/m0/s1. The number of urea groups is 1. The molecule has 0 spiro atoms. The normalized spacial score (nSPS) is 19.5. The number of nitrogens with zero attached hydrogens (tertiary/aromatic N) is 5. The number of carbonyl (C=O) groups is 3. The maximum atomic E-state index is 14.1. The minimum absolute atomic E-state index is 0.0396. The van der Waals surface area contributed by atoms with Crippen LogP contribution >= 0.6 is 0 Å². The molecule has 0 radical (unpaired) electrons. The number of para-hydroxylation sites is 1. The van der Waals surface area contributed by atoms with Crippen LogP contribution in [0.15, 0.2) is 79.0 Å². The van der Waals surface area contributed by atoms with E-state index in [0.29, 0.717) is 6.54 Å². The number of aromatic hydroxyl groups is 1. The summed E-state index contributed by atoms with van der Waals surface area (Å²) in [4.78, 5) is 44.5. The molecule has 4 amide bonds. The fraction of sp³-hybridized carbons (Fsp3) is 0.267. The van der Waals surface area contributed by atoms with Crippen LogP contribution in [0.5, 0.6) is 5.75 Å². The van der Waals surface area contributed by atoms with Crippen molar-refractivity contribution in [2.24, 2.45) is 0 Å². The third-order valence-corrected chi connectivity index (χ3v) is 7.72. The molecule has 210 valence electrons. The zero-order chi connectivity index (χ0) is 28.5. The van der Waals surface area contributed by atoms with Gasteiger partial charge in [-0.15, -0.1) is 0 Å². The number of phenols is 1. The van der Waals surface area contributed by atoms with E-state index in [1.54, 1.807) is 57.3 Å². The number of likely N-dealkylation sites (N-methyl/N-ethyl adjacent to an activating group) is 1. The Bertz CT molecular complexity index is 1570. The fourth-order valence-electron chi connectivity index (χ4n) is 5.72. The zero-order valence-electron chi connectivity index (χ0n) is 22.6. The van der Waals surface area contributed by atoms with Crippen LogP contribution in [0.4, 0.5) is 4.79 Å². The van der Waals surface area contributed by atoms with Crippen LogP contribution in [-0.4, -0.2) is 85.3 Å². The van der Waals surface area contributed by atoms with E-state index in [1.165, 1.54) is 0 Å². The summed E-state index contributed by atoms with van der Waals surface area (Å²) in [5.41, 5.74) is 3.48. The maximum Gasteiger partial charge on any atom is 0.334 e. The second kappa shape index (κ2) is 10.9. The van der Waals surface area contributed by atoms with Crippen molar-refractivity contribution < 1.29 is 19.5 Å². The Morgan fingerprint density at radius 3 is 2.59 bits per heavy atom. The van der Waals surface area contributed by atoms with Crippen LogP contribution in [0, 0.1) is 0 Å². The number of amides is 4. The van der Waals surface area contributed by atoms with Gasteiger partial charge in [-0.2, -0.15) is 5.10 Å².